The Kier molecular flexibility index (Phi) is 4.22. The van der Waals surface area contributed by atoms with Crippen LogP contribution in [0.3, 0.4) is 0 Å². The quantitative estimate of drug-likeness (QED) is 0.891. The molecule has 2 nitrogen and oxygen atoms in total. The monoisotopic (exact) mass is 268 g/mol. The molecule has 1 aromatic heterocycles. The van der Waals surface area contributed by atoms with Crippen LogP contribution in [0, 0.1) is 0 Å². The molecule has 2 aromatic rings. The Labute approximate surface area is 121 Å². The molecular formula is C18H24N2. The number of nitrogens with one attached hydrogen (secondary N) is 1. The lowest BCUT2D eigenvalue weighted by molar-refractivity contribution is 0.339. The van der Waals surface area contributed by atoms with Gasteiger partial charge in [-0.25, -0.2) is 0 Å². The number of benzene rings is 1. The molecule has 0 atom stereocenters. The van der Waals surface area contributed by atoms with Crippen LogP contribution < -0.4 is 5.32 Å². The van der Waals surface area contributed by atoms with Crippen molar-refractivity contribution < 1.29 is 0 Å². The Morgan fingerprint density at radius 3 is 2.40 bits per heavy atom. The zero-order chi connectivity index (χ0) is 13.8. The molecule has 1 heterocycles. The van der Waals surface area contributed by atoms with Crippen molar-refractivity contribution in [1.29, 1.82) is 0 Å². The first-order valence-electron chi connectivity index (χ1n) is 7.71. The number of hydrogen-bond donors (Lipinski definition) is 1. The van der Waals surface area contributed by atoms with Crippen LogP contribution in [0.4, 0.5) is 0 Å². The molecule has 1 saturated carbocycles. The van der Waals surface area contributed by atoms with Gasteiger partial charge in [0.1, 0.15) is 0 Å². The number of hydrogen-bond acceptors (Lipinski definition) is 1. The summed E-state index contributed by atoms with van der Waals surface area (Å²) >= 11 is 0. The molecule has 106 valence electrons. The number of rotatable bonds is 4. The molecule has 1 fully saturated rings. The van der Waals surface area contributed by atoms with E-state index in [0.717, 1.165) is 12.5 Å². The van der Waals surface area contributed by atoms with Crippen molar-refractivity contribution in [2.24, 2.45) is 7.05 Å². The molecule has 0 spiro atoms. The van der Waals surface area contributed by atoms with E-state index in [1.165, 1.54) is 36.9 Å². The summed E-state index contributed by atoms with van der Waals surface area (Å²) in [4.78, 5) is 0. The minimum absolute atomic E-state index is 0.685. The molecule has 1 aromatic carbocycles. The second-order valence-corrected chi connectivity index (χ2v) is 5.95. The average molecular weight is 268 g/mol. The van der Waals surface area contributed by atoms with Gasteiger partial charge in [-0.3, -0.25) is 0 Å². The molecule has 0 amide bonds. The summed E-state index contributed by atoms with van der Waals surface area (Å²) in [5.41, 5.74) is 2.89. The van der Waals surface area contributed by atoms with Gasteiger partial charge in [0.2, 0.25) is 0 Å². The summed E-state index contributed by atoms with van der Waals surface area (Å²) in [6.45, 7) is 0.990. The van der Waals surface area contributed by atoms with Crippen LogP contribution in [0.5, 0.6) is 0 Å². The van der Waals surface area contributed by atoms with Crippen LogP contribution in [0.2, 0.25) is 0 Å². The number of aryl methyl sites for hydroxylation is 1. The predicted octanol–water partition coefficient (Wildman–Crippen LogP) is 3.84. The molecule has 0 aliphatic heterocycles. The van der Waals surface area contributed by atoms with Crippen molar-refractivity contribution in [3.05, 3.63) is 59.9 Å². The summed E-state index contributed by atoms with van der Waals surface area (Å²) in [6, 6.07) is 16.0. The van der Waals surface area contributed by atoms with Crippen LogP contribution in [-0.2, 0) is 13.6 Å². The standard InChI is InChI=1S/C18H24N2/c1-20-13-5-8-18(20)14-19-17-11-9-16(10-12-17)15-6-3-2-4-7-15/h2-8,13,16-17,19H,9-12,14H2,1H3. The van der Waals surface area contributed by atoms with E-state index in [0.29, 0.717) is 6.04 Å². The SMILES string of the molecule is Cn1cccc1CNC1CCC(c2ccccc2)CC1. The van der Waals surface area contributed by atoms with E-state index in [2.05, 4.69) is 65.6 Å². The van der Waals surface area contributed by atoms with Crippen molar-refractivity contribution in [2.45, 2.75) is 44.2 Å². The molecule has 20 heavy (non-hydrogen) atoms. The minimum Gasteiger partial charge on any atom is -0.353 e. The van der Waals surface area contributed by atoms with E-state index in [-0.39, 0.29) is 0 Å². The van der Waals surface area contributed by atoms with E-state index < -0.39 is 0 Å². The lowest BCUT2D eigenvalue weighted by Gasteiger charge is -2.29. The number of aromatic nitrogens is 1. The van der Waals surface area contributed by atoms with Crippen LogP contribution in [0.1, 0.15) is 42.9 Å². The van der Waals surface area contributed by atoms with Crippen molar-refractivity contribution in [1.82, 2.24) is 9.88 Å². The van der Waals surface area contributed by atoms with Crippen molar-refractivity contribution >= 4 is 0 Å². The number of nitrogens with zero attached hydrogens (tertiary/aromatic N) is 1. The molecule has 0 unspecified atom stereocenters. The average Bonchev–Trinajstić information content (AvgIpc) is 2.92. The highest BCUT2D eigenvalue weighted by atomic mass is 15.0. The smallest absolute Gasteiger partial charge is 0.0361 e. The molecule has 1 aliphatic rings. The fraction of sp³-hybridized carbons (Fsp3) is 0.444. The highest BCUT2D eigenvalue weighted by Gasteiger charge is 2.21. The van der Waals surface area contributed by atoms with Gasteiger partial charge in [0.15, 0.2) is 0 Å². The molecule has 2 heteroatoms. The van der Waals surface area contributed by atoms with Gasteiger partial charge in [-0.15, -0.1) is 0 Å². The Morgan fingerprint density at radius 1 is 1.00 bits per heavy atom. The minimum atomic E-state index is 0.685. The van der Waals surface area contributed by atoms with E-state index in [1.54, 1.807) is 0 Å². The van der Waals surface area contributed by atoms with E-state index >= 15 is 0 Å². The molecule has 0 saturated heterocycles. The van der Waals surface area contributed by atoms with Gasteiger partial charge in [0, 0.05) is 31.5 Å². The summed E-state index contributed by atoms with van der Waals surface area (Å²) in [5, 5.41) is 3.72. The van der Waals surface area contributed by atoms with E-state index in [4.69, 9.17) is 0 Å². The van der Waals surface area contributed by atoms with Crippen LogP contribution >= 0.6 is 0 Å². The first-order chi connectivity index (χ1) is 9.83. The van der Waals surface area contributed by atoms with E-state index in [9.17, 15) is 0 Å². The predicted molar refractivity (Wildman–Crippen MR) is 83.7 cm³/mol. The van der Waals surface area contributed by atoms with Crippen LogP contribution in [-0.4, -0.2) is 10.6 Å². The molecule has 1 aliphatic carbocycles. The van der Waals surface area contributed by atoms with Crippen molar-refractivity contribution in [3.63, 3.8) is 0 Å². The zero-order valence-corrected chi connectivity index (χ0v) is 12.3. The lowest BCUT2D eigenvalue weighted by Crippen LogP contribution is -2.32. The summed E-state index contributed by atoms with van der Waals surface area (Å²) < 4.78 is 2.20. The molecule has 0 radical (unpaired) electrons. The second kappa shape index (κ2) is 6.27. The fourth-order valence-corrected chi connectivity index (χ4v) is 3.29. The second-order valence-electron chi connectivity index (χ2n) is 5.95. The maximum Gasteiger partial charge on any atom is 0.0361 e. The Morgan fingerprint density at radius 2 is 1.75 bits per heavy atom. The fourth-order valence-electron chi connectivity index (χ4n) is 3.29. The van der Waals surface area contributed by atoms with Gasteiger partial charge in [0.25, 0.3) is 0 Å². The summed E-state index contributed by atoms with van der Waals surface area (Å²) in [5.74, 6) is 0.768. The third-order valence-electron chi connectivity index (χ3n) is 4.62. The maximum absolute atomic E-state index is 3.72. The first kappa shape index (κ1) is 13.4. The van der Waals surface area contributed by atoms with Gasteiger partial charge in [0.05, 0.1) is 0 Å². The van der Waals surface area contributed by atoms with Gasteiger partial charge in [-0.1, -0.05) is 30.3 Å². The summed E-state index contributed by atoms with van der Waals surface area (Å²) in [7, 11) is 2.11. The normalized spacial score (nSPS) is 22.9. The molecule has 0 bridgehead atoms. The zero-order valence-electron chi connectivity index (χ0n) is 12.3. The molecule has 3 rings (SSSR count). The summed E-state index contributed by atoms with van der Waals surface area (Å²) in [6.07, 6.45) is 7.33. The maximum atomic E-state index is 3.72. The van der Waals surface area contributed by atoms with Crippen LogP contribution in [0.15, 0.2) is 48.7 Å². The first-order valence-corrected chi connectivity index (χ1v) is 7.71. The van der Waals surface area contributed by atoms with Gasteiger partial charge in [-0.2, -0.15) is 0 Å². The van der Waals surface area contributed by atoms with Crippen molar-refractivity contribution in [3.8, 4) is 0 Å². The molecular weight excluding hydrogens is 244 g/mol. The topological polar surface area (TPSA) is 17.0 Å². The van der Waals surface area contributed by atoms with E-state index in [1.807, 2.05) is 0 Å². The van der Waals surface area contributed by atoms with Crippen molar-refractivity contribution in [2.75, 3.05) is 0 Å². The Bertz CT molecular complexity index is 521. The molecule has 1 N–H and O–H groups in total. The lowest BCUT2D eigenvalue weighted by atomic mass is 9.82. The van der Waals surface area contributed by atoms with Crippen LogP contribution in [0.25, 0.3) is 0 Å². The third kappa shape index (κ3) is 3.13. The highest BCUT2D eigenvalue weighted by Crippen LogP contribution is 2.32. The van der Waals surface area contributed by atoms with Gasteiger partial charge < -0.3 is 9.88 Å². The largest absolute Gasteiger partial charge is 0.353 e. The van der Waals surface area contributed by atoms with Gasteiger partial charge in [-0.05, 0) is 49.3 Å². The highest BCUT2D eigenvalue weighted by molar-refractivity contribution is 5.20. The van der Waals surface area contributed by atoms with Gasteiger partial charge >= 0.3 is 0 Å². The third-order valence-corrected chi connectivity index (χ3v) is 4.62. The Balaban J connectivity index is 1.48. The Hall–Kier alpha value is -1.54.